The van der Waals surface area contributed by atoms with Gasteiger partial charge in [-0.3, -0.25) is 0 Å². The highest BCUT2D eigenvalue weighted by Gasteiger charge is 1.99. The Balaban J connectivity index is 2.57. The second-order valence-corrected chi connectivity index (χ2v) is 4.15. The number of nitrogens with one attached hydrogen (secondary N) is 1. The minimum atomic E-state index is 0.672. The van der Waals surface area contributed by atoms with Gasteiger partial charge in [0.25, 0.3) is 0 Å². The van der Waals surface area contributed by atoms with Gasteiger partial charge in [-0.05, 0) is 46.9 Å². The smallest absolute Gasteiger partial charge is 0.0489 e. The van der Waals surface area contributed by atoms with Crippen LogP contribution in [0.15, 0.2) is 24.3 Å². The second-order valence-electron chi connectivity index (χ2n) is 2.91. The van der Waals surface area contributed by atoms with Gasteiger partial charge in [-0.1, -0.05) is 0 Å². The Labute approximate surface area is 90.7 Å². The van der Waals surface area contributed by atoms with Gasteiger partial charge in [-0.2, -0.15) is 0 Å². The van der Waals surface area contributed by atoms with Crippen molar-refractivity contribution in [2.45, 2.75) is 6.42 Å². The van der Waals surface area contributed by atoms with Crippen molar-refractivity contribution in [3.63, 3.8) is 0 Å². The maximum Gasteiger partial charge on any atom is 0.0489 e. The van der Waals surface area contributed by atoms with Crippen LogP contribution >= 0.6 is 22.6 Å². The zero-order valence-electron chi connectivity index (χ0n) is 6.97. The van der Waals surface area contributed by atoms with Gasteiger partial charge in [0.15, 0.2) is 0 Å². The Morgan fingerprint density at radius 3 is 3.00 bits per heavy atom. The number of halogens is 1. The number of hydrogen-bond acceptors (Lipinski definition) is 0. The molecule has 0 spiro atoms. The van der Waals surface area contributed by atoms with Crippen LogP contribution in [0.5, 0.6) is 0 Å². The molecule has 0 aliphatic carbocycles. The normalized spacial score (nSPS) is 10.2. The monoisotopic (exact) mass is 281 g/mol. The molecule has 0 radical (unpaired) electrons. The molecule has 0 aliphatic heterocycles. The molecule has 2 heteroatoms. The van der Waals surface area contributed by atoms with E-state index in [4.69, 9.17) is 6.42 Å². The van der Waals surface area contributed by atoms with E-state index in [-0.39, 0.29) is 0 Å². The van der Waals surface area contributed by atoms with Gasteiger partial charge in [0.1, 0.15) is 0 Å². The first-order valence-corrected chi connectivity index (χ1v) is 5.08. The van der Waals surface area contributed by atoms with E-state index in [2.05, 4.69) is 57.8 Å². The molecule has 2 aromatic rings. The number of fused-ring (bicyclic) bond motifs is 1. The van der Waals surface area contributed by atoms with Gasteiger partial charge >= 0.3 is 0 Å². The van der Waals surface area contributed by atoms with Crippen LogP contribution in [-0.2, 0) is 6.42 Å². The summed E-state index contributed by atoms with van der Waals surface area (Å²) in [4.78, 5) is 3.28. The fourth-order valence-electron chi connectivity index (χ4n) is 1.37. The van der Waals surface area contributed by atoms with Crippen LogP contribution in [0.25, 0.3) is 10.9 Å². The molecule has 0 saturated carbocycles. The zero-order chi connectivity index (χ0) is 9.26. The highest BCUT2D eigenvalue weighted by Crippen LogP contribution is 2.18. The predicted molar refractivity (Wildman–Crippen MR) is 63.6 cm³/mol. The van der Waals surface area contributed by atoms with E-state index >= 15 is 0 Å². The Morgan fingerprint density at radius 1 is 1.38 bits per heavy atom. The van der Waals surface area contributed by atoms with Crippen molar-refractivity contribution in [2.75, 3.05) is 0 Å². The van der Waals surface area contributed by atoms with E-state index in [9.17, 15) is 0 Å². The van der Waals surface area contributed by atoms with Gasteiger partial charge in [0.2, 0.25) is 0 Å². The van der Waals surface area contributed by atoms with Crippen molar-refractivity contribution in [1.29, 1.82) is 0 Å². The summed E-state index contributed by atoms with van der Waals surface area (Å²) in [5.41, 5.74) is 2.27. The lowest BCUT2D eigenvalue weighted by atomic mass is 10.2. The molecule has 0 saturated heterocycles. The third-order valence-electron chi connectivity index (χ3n) is 1.93. The molecule has 0 atom stereocenters. The lowest BCUT2D eigenvalue weighted by Gasteiger charge is -1.89. The fourth-order valence-corrected chi connectivity index (χ4v) is 1.88. The zero-order valence-corrected chi connectivity index (χ0v) is 9.13. The molecule has 0 amide bonds. The molecule has 0 fully saturated rings. The molecule has 1 aromatic heterocycles. The van der Waals surface area contributed by atoms with Crippen molar-refractivity contribution in [3.8, 4) is 12.3 Å². The van der Waals surface area contributed by atoms with Crippen molar-refractivity contribution < 1.29 is 0 Å². The van der Waals surface area contributed by atoms with E-state index in [0.717, 1.165) is 11.2 Å². The van der Waals surface area contributed by atoms with Crippen LogP contribution in [0.2, 0.25) is 0 Å². The van der Waals surface area contributed by atoms with E-state index < -0.39 is 0 Å². The van der Waals surface area contributed by atoms with Crippen LogP contribution in [0.1, 0.15) is 5.69 Å². The van der Waals surface area contributed by atoms with Crippen molar-refractivity contribution in [2.24, 2.45) is 0 Å². The molecule has 13 heavy (non-hydrogen) atoms. The second kappa shape index (κ2) is 3.43. The first kappa shape index (κ1) is 8.64. The molecule has 0 bridgehead atoms. The van der Waals surface area contributed by atoms with Crippen LogP contribution in [0, 0.1) is 15.9 Å². The molecule has 2 rings (SSSR count). The summed E-state index contributed by atoms with van der Waals surface area (Å²) in [5, 5.41) is 1.23. The van der Waals surface area contributed by atoms with Crippen LogP contribution in [-0.4, -0.2) is 4.98 Å². The summed E-state index contributed by atoms with van der Waals surface area (Å²) >= 11 is 2.30. The number of benzene rings is 1. The maximum atomic E-state index is 5.24. The molecule has 0 aliphatic rings. The van der Waals surface area contributed by atoms with E-state index in [1.165, 1.54) is 8.96 Å². The van der Waals surface area contributed by atoms with E-state index in [1.54, 1.807) is 0 Å². The summed E-state index contributed by atoms with van der Waals surface area (Å²) < 4.78 is 1.25. The van der Waals surface area contributed by atoms with Gasteiger partial charge < -0.3 is 4.98 Å². The maximum absolute atomic E-state index is 5.24. The Morgan fingerprint density at radius 2 is 2.23 bits per heavy atom. The largest absolute Gasteiger partial charge is 0.358 e. The number of hydrogen-bond donors (Lipinski definition) is 1. The highest BCUT2D eigenvalue weighted by molar-refractivity contribution is 14.1. The first-order chi connectivity index (χ1) is 6.29. The summed E-state index contributed by atoms with van der Waals surface area (Å²) in [5.74, 6) is 2.63. The summed E-state index contributed by atoms with van der Waals surface area (Å²) in [6, 6.07) is 8.42. The van der Waals surface area contributed by atoms with Gasteiger partial charge in [-0.25, -0.2) is 0 Å². The SMILES string of the molecule is C#CCc1cc2cc(I)ccc2[nH]1. The third-order valence-corrected chi connectivity index (χ3v) is 2.60. The number of rotatable bonds is 1. The lowest BCUT2D eigenvalue weighted by Crippen LogP contribution is -1.77. The Bertz CT molecular complexity index is 476. The molecule has 1 aromatic carbocycles. The average molecular weight is 281 g/mol. The minimum absolute atomic E-state index is 0.672. The lowest BCUT2D eigenvalue weighted by molar-refractivity contribution is 1.20. The quantitative estimate of drug-likeness (QED) is 0.611. The van der Waals surface area contributed by atoms with Crippen LogP contribution < -0.4 is 0 Å². The third kappa shape index (κ3) is 1.70. The minimum Gasteiger partial charge on any atom is -0.358 e. The number of aromatic nitrogens is 1. The molecule has 64 valence electrons. The topological polar surface area (TPSA) is 15.8 Å². The molecular weight excluding hydrogens is 273 g/mol. The van der Waals surface area contributed by atoms with Crippen molar-refractivity contribution >= 4 is 33.5 Å². The summed E-state index contributed by atoms with van der Waals surface area (Å²) in [6.07, 6.45) is 5.91. The molecule has 1 N–H and O–H groups in total. The first-order valence-electron chi connectivity index (χ1n) is 4.00. The Kier molecular flexibility index (Phi) is 2.28. The standard InChI is InChI=1S/C11H8IN/c1-2-3-10-7-8-6-9(12)4-5-11(8)13-10/h1,4-7,13H,3H2. The number of H-pyrrole nitrogens is 1. The number of terminal acetylenes is 1. The van der Waals surface area contributed by atoms with Gasteiger partial charge in [0.05, 0.1) is 0 Å². The molecule has 0 unspecified atom stereocenters. The highest BCUT2D eigenvalue weighted by atomic mass is 127. The van der Waals surface area contributed by atoms with E-state index in [1.807, 2.05) is 0 Å². The average Bonchev–Trinajstić information content (AvgIpc) is 2.46. The van der Waals surface area contributed by atoms with Crippen LogP contribution in [0.3, 0.4) is 0 Å². The van der Waals surface area contributed by atoms with Crippen molar-refractivity contribution in [1.82, 2.24) is 4.98 Å². The Hall–Kier alpha value is -0.950. The number of aromatic amines is 1. The van der Waals surface area contributed by atoms with Gasteiger partial charge in [-0.15, -0.1) is 12.3 Å². The molecule has 1 heterocycles. The molecular formula is C11H8IN. The summed E-state index contributed by atoms with van der Waals surface area (Å²) in [7, 11) is 0. The predicted octanol–water partition coefficient (Wildman–Crippen LogP) is 2.95. The van der Waals surface area contributed by atoms with E-state index in [0.29, 0.717) is 6.42 Å². The fraction of sp³-hybridized carbons (Fsp3) is 0.0909. The molecule has 1 nitrogen and oxygen atoms in total. The van der Waals surface area contributed by atoms with Gasteiger partial charge in [0, 0.05) is 26.6 Å². The van der Waals surface area contributed by atoms with Crippen LogP contribution in [0.4, 0.5) is 0 Å². The van der Waals surface area contributed by atoms with Crippen molar-refractivity contribution in [3.05, 3.63) is 33.5 Å². The summed E-state index contributed by atoms with van der Waals surface area (Å²) in [6.45, 7) is 0.